The summed E-state index contributed by atoms with van der Waals surface area (Å²) >= 11 is 0. The normalized spacial score (nSPS) is 10.6. The van der Waals surface area contributed by atoms with Crippen LogP contribution in [0, 0.1) is 0 Å². The van der Waals surface area contributed by atoms with E-state index in [9.17, 15) is 0 Å². The summed E-state index contributed by atoms with van der Waals surface area (Å²) in [6.07, 6.45) is 5.26. The summed E-state index contributed by atoms with van der Waals surface area (Å²) in [5.41, 5.74) is 12.2. The van der Waals surface area contributed by atoms with Gasteiger partial charge in [-0.1, -0.05) is 36.4 Å². The van der Waals surface area contributed by atoms with Crippen LogP contribution in [0.15, 0.2) is 85.3 Å². The monoisotopic (exact) mass is 324 g/mol. The second kappa shape index (κ2) is 6.53. The van der Waals surface area contributed by atoms with Crippen molar-refractivity contribution in [3.8, 4) is 33.8 Å². The number of aromatic nitrogens is 3. The standard InChI is InChI=1S/C21H16N4/c22-17-11-14-25-21(19(17)15-7-2-1-3-8-15)16-9-6-13-24-20(16)18-10-4-5-12-23-18/h1-14H,(H2,22,25). The molecule has 0 spiro atoms. The Kier molecular flexibility index (Phi) is 3.92. The molecule has 25 heavy (non-hydrogen) atoms. The highest BCUT2D eigenvalue weighted by Gasteiger charge is 2.17. The number of nitrogens with two attached hydrogens (primary N) is 1. The van der Waals surface area contributed by atoms with Crippen LogP contribution in [0.4, 0.5) is 5.69 Å². The molecule has 4 nitrogen and oxygen atoms in total. The Balaban J connectivity index is 1.98. The van der Waals surface area contributed by atoms with Crippen LogP contribution in [0.5, 0.6) is 0 Å². The zero-order valence-corrected chi connectivity index (χ0v) is 13.5. The van der Waals surface area contributed by atoms with Gasteiger partial charge in [0.1, 0.15) is 0 Å². The molecule has 2 N–H and O–H groups in total. The minimum atomic E-state index is 0.687. The molecule has 0 fully saturated rings. The molecular weight excluding hydrogens is 308 g/mol. The average molecular weight is 324 g/mol. The quantitative estimate of drug-likeness (QED) is 0.604. The smallest absolute Gasteiger partial charge is 0.0980 e. The number of hydrogen-bond acceptors (Lipinski definition) is 4. The molecule has 0 aliphatic carbocycles. The number of benzene rings is 1. The fourth-order valence-electron chi connectivity index (χ4n) is 2.89. The number of anilines is 1. The third-order valence-electron chi connectivity index (χ3n) is 4.02. The Bertz CT molecular complexity index is 999. The van der Waals surface area contributed by atoms with E-state index >= 15 is 0 Å². The van der Waals surface area contributed by atoms with Gasteiger partial charge < -0.3 is 5.73 Å². The molecule has 4 heteroatoms. The van der Waals surface area contributed by atoms with Gasteiger partial charge in [-0.15, -0.1) is 0 Å². The van der Waals surface area contributed by atoms with E-state index in [1.54, 1.807) is 18.6 Å². The van der Waals surface area contributed by atoms with Gasteiger partial charge >= 0.3 is 0 Å². The summed E-state index contributed by atoms with van der Waals surface area (Å²) in [7, 11) is 0. The van der Waals surface area contributed by atoms with Crippen LogP contribution in [-0.2, 0) is 0 Å². The zero-order chi connectivity index (χ0) is 17.1. The molecule has 0 atom stereocenters. The maximum absolute atomic E-state index is 6.30. The maximum Gasteiger partial charge on any atom is 0.0980 e. The van der Waals surface area contributed by atoms with E-state index in [0.29, 0.717) is 5.69 Å². The summed E-state index contributed by atoms with van der Waals surface area (Å²) < 4.78 is 0. The Morgan fingerprint density at radius 1 is 0.600 bits per heavy atom. The second-order valence-electron chi connectivity index (χ2n) is 5.60. The summed E-state index contributed by atoms with van der Waals surface area (Å²) in [4.78, 5) is 13.6. The third-order valence-corrected chi connectivity index (χ3v) is 4.02. The molecule has 0 saturated heterocycles. The van der Waals surface area contributed by atoms with Gasteiger partial charge in [-0.05, 0) is 35.9 Å². The van der Waals surface area contributed by atoms with E-state index in [0.717, 1.165) is 33.8 Å². The summed E-state index contributed by atoms with van der Waals surface area (Å²) in [6, 6.07) is 21.6. The molecule has 0 bridgehead atoms. The molecule has 4 rings (SSSR count). The van der Waals surface area contributed by atoms with Gasteiger partial charge in [0.05, 0.1) is 17.1 Å². The van der Waals surface area contributed by atoms with Crippen molar-refractivity contribution >= 4 is 5.69 Å². The first-order valence-corrected chi connectivity index (χ1v) is 8.01. The fourth-order valence-corrected chi connectivity index (χ4v) is 2.89. The molecular formula is C21H16N4. The first-order chi connectivity index (χ1) is 12.3. The lowest BCUT2D eigenvalue weighted by molar-refractivity contribution is 1.23. The molecule has 3 heterocycles. The lowest BCUT2D eigenvalue weighted by Gasteiger charge is -2.14. The van der Waals surface area contributed by atoms with Gasteiger partial charge in [0.25, 0.3) is 0 Å². The van der Waals surface area contributed by atoms with E-state index in [1.807, 2.05) is 66.7 Å². The summed E-state index contributed by atoms with van der Waals surface area (Å²) in [5, 5.41) is 0. The Hall–Kier alpha value is -3.53. The van der Waals surface area contributed by atoms with E-state index < -0.39 is 0 Å². The van der Waals surface area contributed by atoms with E-state index in [4.69, 9.17) is 5.73 Å². The molecule has 0 aliphatic heterocycles. The minimum absolute atomic E-state index is 0.687. The van der Waals surface area contributed by atoms with Gasteiger partial charge in [0.15, 0.2) is 0 Å². The molecule has 0 unspecified atom stereocenters. The SMILES string of the molecule is Nc1ccnc(-c2cccnc2-c2ccccn2)c1-c1ccccc1. The average Bonchev–Trinajstić information content (AvgIpc) is 2.69. The minimum Gasteiger partial charge on any atom is -0.398 e. The van der Waals surface area contributed by atoms with Crippen molar-refractivity contribution in [2.24, 2.45) is 0 Å². The van der Waals surface area contributed by atoms with Crippen LogP contribution < -0.4 is 5.73 Å². The third kappa shape index (κ3) is 2.85. The van der Waals surface area contributed by atoms with E-state index in [2.05, 4.69) is 15.0 Å². The van der Waals surface area contributed by atoms with Crippen molar-refractivity contribution in [1.82, 2.24) is 15.0 Å². The molecule has 0 saturated carbocycles. The van der Waals surface area contributed by atoms with E-state index in [-0.39, 0.29) is 0 Å². The van der Waals surface area contributed by atoms with Crippen LogP contribution in [0.1, 0.15) is 0 Å². The van der Waals surface area contributed by atoms with Crippen molar-refractivity contribution in [2.45, 2.75) is 0 Å². The van der Waals surface area contributed by atoms with Crippen LogP contribution in [-0.4, -0.2) is 15.0 Å². The topological polar surface area (TPSA) is 64.7 Å². The Morgan fingerprint density at radius 2 is 1.36 bits per heavy atom. The highest BCUT2D eigenvalue weighted by atomic mass is 14.8. The fraction of sp³-hybridized carbons (Fsp3) is 0. The highest BCUT2D eigenvalue weighted by Crippen LogP contribution is 2.37. The summed E-state index contributed by atoms with van der Waals surface area (Å²) in [6.45, 7) is 0. The molecule has 4 aromatic rings. The van der Waals surface area contributed by atoms with Gasteiger partial charge in [-0.3, -0.25) is 15.0 Å². The maximum atomic E-state index is 6.30. The highest BCUT2D eigenvalue weighted by molar-refractivity contribution is 5.92. The van der Waals surface area contributed by atoms with Gasteiger partial charge in [-0.25, -0.2) is 0 Å². The zero-order valence-electron chi connectivity index (χ0n) is 13.5. The van der Waals surface area contributed by atoms with Crippen molar-refractivity contribution in [1.29, 1.82) is 0 Å². The van der Waals surface area contributed by atoms with Gasteiger partial charge in [0.2, 0.25) is 0 Å². The first kappa shape index (κ1) is 15.0. The van der Waals surface area contributed by atoms with Gasteiger partial charge in [0, 0.05) is 35.4 Å². The van der Waals surface area contributed by atoms with Crippen LogP contribution in [0.25, 0.3) is 33.8 Å². The predicted molar refractivity (Wildman–Crippen MR) is 101 cm³/mol. The number of pyridine rings is 3. The molecule has 0 amide bonds. The number of nitrogen functional groups attached to an aromatic ring is 1. The molecule has 120 valence electrons. The van der Waals surface area contributed by atoms with Crippen LogP contribution in [0.3, 0.4) is 0 Å². The van der Waals surface area contributed by atoms with Gasteiger partial charge in [-0.2, -0.15) is 0 Å². The lowest BCUT2D eigenvalue weighted by atomic mass is 9.96. The van der Waals surface area contributed by atoms with Crippen molar-refractivity contribution in [2.75, 3.05) is 5.73 Å². The van der Waals surface area contributed by atoms with Crippen LogP contribution in [0.2, 0.25) is 0 Å². The predicted octanol–water partition coefficient (Wildman–Crippen LogP) is 4.45. The number of rotatable bonds is 3. The number of hydrogen-bond donors (Lipinski definition) is 1. The Labute approximate surface area is 146 Å². The summed E-state index contributed by atoms with van der Waals surface area (Å²) in [5.74, 6) is 0. The molecule has 1 aromatic carbocycles. The lowest BCUT2D eigenvalue weighted by Crippen LogP contribution is -1.98. The Morgan fingerprint density at radius 3 is 2.16 bits per heavy atom. The van der Waals surface area contributed by atoms with Crippen LogP contribution >= 0.6 is 0 Å². The van der Waals surface area contributed by atoms with E-state index in [1.165, 1.54) is 0 Å². The van der Waals surface area contributed by atoms with Crippen molar-refractivity contribution in [3.63, 3.8) is 0 Å². The molecule has 3 aromatic heterocycles. The molecule has 0 aliphatic rings. The van der Waals surface area contributed by atoms with Crippen molar-refractivity contribution < 1.29 is 0 Å². The first-order valence-electron chi connectivity index (χ1n) is 8.01. The second-order valence-corrected chi connectivity index (χ2v) is 5.60. The molecule has 0 radical (unpaired) electrons. The number of nitrogens with zero attached hydrogens (tertiary/aromatic N) is 3. The largest absolute Gasteiger partial charge is 0.398 e. The van der Waals surface area contributed by atoms with Crippen molar-refractivity contribution in [3.05, 3.63) is 85.3 Å².